The lowest BCUT2D eigenvalue weighted by Gasteiger charge is -2.35. The zero-order valence-corrected chi connectivity index (χ0v) is 36.4. The number of esters is 1. The van der Waals surface area contributed by atoms with Crippen molar-refractivity contribution in [3.05, 3.63) is 119 Å². The highest BCUT2D eigenvalue weighted by molar-refractivity contribution is 6.32. The van der Waals surface area contributed by atoms with Crippen LogP contribution in [0.25, 0.3) is 16.8 Å². The van der Waals surface area contributed by atoms with Gasteiger partial charge in [0.1, 0.15) is 19.5 Å². The molecule has 1 unspecified atom stereocenters. The highest BCUT2D eigenvalue weighted by Crippen LogP contribution is 2.60. The molecule has 3 aromatic carbocycles. The number of benzene rings is 3. The molecule has 8 rings (SSSR count). The number of amides is 2. The maximum atomic E-state index is 15.8. The molecule has 1 aliphatic heterocycles. The second-order valence-corrected chi connectivity index (χ2v) is 18.0. The molecule has 2 aromatic heterocycles. The Bertz CT molecular complexity index is 2690. The fraction of sp³-hybridized carbons (Fsp3) is 0.391. The Morgan fingerprint density at radius 2 is 1.73 bits per heavy atom. The first-order chi connectivity index (χ1) is 31.4. The van der Waals surface area contributed by atoms with Gasteiger partial charge in [-0.2, -0.15) is 28.6 Å². The summed E-state index contributed by atoms with van der Waals surface area (Å²) in [5.74, 6) is -3.19. The molecule has 2 aliphatic carbocycles. The molecule has 0 bridgehead atoms. The molecule has 20 heteroatoms. The molecule has 2 amide bonds. The smallest absolute Gasteiger partial charge is 0.414 e. The van der Waals surface area contributed by atoms with Crippen LogP contribution in [0.5, 0.6) is 0 Å². The van der Waals surface area contributed by atoms with Crippen LogP contribution in [0.15, 0.2) is 96.5 Å². The second kappa shape index (κ2) is 17.9. The van der Waals surface area contributed by atoms with E-state index in [0.717, 1.165) is 39.9 Å². The van der Waals surface area contributed by atoms with Crippen LogP contribution in [0.1, 0.15) is 99.8 Å². The molecule has 344 valence electrons. The molecular weight excluding hydrogens is 889 g/mol. The largest absolute Gasteiger partial charge is 0.463 e. The number of guanidine groups is 1. The number of ether oxygens (including phenoxy) is 2. The number of carbonyl (C=O) groups is 3. The summed E-state index contributed by atoms with van der Waals surface area (Å²) in [6, 6.07) is 20.7. The zero-order valence-electron chi connectivity index (χ0n) is 35.6. The van der Waals surface area contributed by atoms with Crippen LogP contribution < -0.4 is 5.32 Å². The number of carbonyl (C=O) groups excluding carboxylic acids is 3. The fourth-order valence-electron chi connectivity index (χ4n) is 8.16. The quantitative estimate of drug-likeness (QED) is 0.0748. The maximum Gasteiger partial charge on any atom is 0.414 e. The third-order valence-electron chi connectivity index (χ3n) is 12.0. The van der Waals surface area contributed by atoms with Crippen molar-refractivity contribution in [3.63, 3.8) is 0 Å². The van der Waals surface area contributed by atoms with E-state index in [4.69, 9.17) is 26.1 Å². The number of aromatic nitrogens is 5. The number of alkyl carbamates (subject to hydrolysis) is 1. The highest BCUT2D eigenvalue weighted by Gasteiger charge is 2.64. The van der Waals surface area contributed by atoms with Crippen molar-refractivity contribution >= 4 is 35.5 Å². The van der Waals surface area contributed by atoms with Gasteiger partial charge >= 0.3 is 18.2 Å². The molecule has 2 fully saturated rings. The maximum absolute atomic E-state index is 15.8. The third kappa shape index (κ3) is 9.50. The number of alkyl halides is 5. The average molecular weight is 932 g/mol. The van der Waals surface area contributed by atoms with Crippen LogP contribution >= 0.6 is 11.6 Å². The number of rotatable bonds is 16. The number of nitrogens with one attached hydrogen (secondary N) is 1. The summed E-state index contributed by atoms with van der Waals surface area (Å²) in [5, 5.41) is 20.8. The van der Waals surface area contributed by atoms with Gasteiger partial charge in [-0.25, -0.2) is 28.2 Å². The number of halogens is 6. The molecule has 0 radical (unpaired) electrons. The Morgan fingerprint density at radius 1 is 1.00 bits per heavy atom. The van der Waals surface area contributed by atoms with E-state index in [2.05, 4.69) is 26.6 Å². The fourth-order valence-corrected chi connectivity index (χ4v) is 8.36. The number of aliphatic imine (C=N–C) groups is 1. The molecule has 1 N–H and O–H groups in total. The summed E-state index contributed by atoms with van der Waals surface area (Å²) >= 11 is 6.56. The van der Waals surface area contributed by atoms with Crippen LogP contribution in [0.3, 0.4) is 0 Å². The first-order valence-electron chi connectivity index (χ1n) is 21.1. The lowest BCUT2D eigenvalue weighted by Crippen LogP contribution is -2.50. The van der Waals surface area contributed by atoms with Crippen LogP contribution in [0.4, 0.5) is 26.7 Å². The standard InChI is InChI=1S/C46H43ClF5N9O5/c1-43(2,18-19-53)26-45(32-11-8-29(9-12-32)31-22-55-59(23-31)33-13-14-33)40(63)60(41(58-45)57-42(64)66-24-28-6-4-3-5-7-28)36(25-65-37(62)21-44(16-17-44)46(50,51)52)30-10-15-34(47)35(20-30)61-39(38(48)49)54-27-56-61/h3-12,15,20,22-23,27,33,36,38H,13-14,16-18,21,24-26H2,1-2H3,(H,57,58,64)/t36-,45?/m1/s1. The number of hydrogen-bond donors (Lipinski definition) is 1. The predicted octanol–water partition coefficient (Wildman–Crippen LogP) is 9.72. The van der Waals surface area contributed by atoms with Crippen molar-refractivity contribution in [1.29, 1.82) is 5.26 Å². The highest BCUT2D eigenvalue weighted by atomic mass is 35.5. The molecular formula is C46H43ClF5N9O5. The molecule has 0 saturated heterocycles. The first kappa shape index (κ1) is 45.9. The van der Waals surface area contributed by atoms with E-state index in [9.17, 15) is 36.8 Å². The minimum atomic E-state index is -4.69. The lowest BCUT2D eigenvalue weighted by atomic mass is 9.73. The molecule has 3 aliphatic rings. The molecule has 5 aromatic rings. The van der Waals surface area contributed by atoms with E-state index in [1.165, 1.54) is 18.2 Å². The Morgan fingerprint density at radius 3 is 2.38 bits per heavy atom. The van der Waals surface area contributed by atoms with Crippen molar-refractivity contribution in [2.75, 3.05) is 6.61 Å². The summed E-state index contributed by atoms with van der Waals surface area (Å²) in [4.78, 5) is 52.5. The Balaban J connectivity index is 1.24. The first-order valence-corrected chi connectivity index (χ1v) is 21.4. The molecule has 66 heavy (non-hydrogen) atoms. The van der Waals surface area contributed by atoms with Crippen LogP contribution in [0.2, 0.25) is 5.02 Å². The topological polar surface area (TPSA) is 170 Å². The van der Waals surface area contributed by atoms with Gasteiger partial charge in [0.05, 0.1) is 46.9 Å². The minimum Gasteiger partial charge on any atom is -0.463 e. The molecule has 14 nitrogen and oxygen atoms in total. The Labute approximate surface area is 380 Å². The van der Waals surface area contributed by atoms with Gasteiger partial charge in [-0.05, 0) is 71.9 Å². The Kier molecular flexibility index (Phi) is 12.5. The van der Waals surface area contributed by atoms with Crippen molar-refractivity contribution in [2.45, 2.75) is 95.6 Å². The van der Waals surface area contributed by atoms with Crippen molar-refractivity contribution in [3.8, 4) is 22.9 Å². The normalized spacial score (nSPS) is 18.5. The monoisotopic (exact) mass is 931 g/mol. The van der Waals surface area contributed by atoms with Gasteiger partial charge in [0.15, 0.2) is 11.4 Å². The molecule has 0 spiro atoms. The van der Waals surface area contributed by atoms with Crippen LogP contribution in [-0.4, -0.2) is 66.2 Å². The summed E-state index contributed by atoms with van der Waals surface area (Å²) in [5.41, 5.74) is -2.60. The van der Waals surface area contributed by atoms with Gasteiger partial charge in [0.25, 0.3) is 12.3 Å². The summed E-state index contributed by atoms with van der Waals surface area (Å²) in [6.07, 6.45) is -3.95. The number of hydrogen-bond acceptors (Lipinski definition) is 10. The molecule has 2 saturated carbocycles. The van der Waals surface area contributed by atoms with E-state index in [1.807, 2.05) is 10.9 Å². The molecule has 3 heterocycles. The van der Waals surface area contributed by atoms with Crippen molar-refractivity contribution in [2.24, 2.45) is 15.8 Å². The minimum absolute atomic E-state index is 0.0369. The predicted molar refractivity (Wildman–Crippen MR) is 228 cm³/mol. The third-order valence-corrected chi connectivity index (χ3v) is 12.4. The number of nitriles is 1. The lowest BCUT2D eigenvalue weighted by molar-refractivity contribution is -0.195. The van der Waals surface area contributed by atoms with Crippen molar-refractivity contribution < 1.29 is 45.8 Å². The molecule has 2 atom stereocenters. The van der Waals surface area contributed by atoms with Gasteiger partial charge in [0.2, 0.25) is 5.96 Å². The van der Waals surface area contributed by atoms with Gasteiger partial charge in [0, 0.05) is 18.2 Å². The van der Waals surface area contributed by atoms with E-state index in [1.54, 1.807) is 74.6 Å². The summed E-state index contributed by atoms with van der Waals surface area (Å²) in [7, 11) is 0. The summed E-state index contributed by atoms with van der Waals surface area (Å²) < 4.78 is 84.2. The van der Waals surface area contributed by atoms with Crippen LogP contribution in [0, 0.1) is 22.2 Å². The van der Waals surface area contributed by atoms with Gasteiger partial charge in [-0.15, -0.1) is 0 Å². The van der Waals surface area contributed by atoms with Gasteiger partial charge in [-0.3, -0.25) is 24.5 Å². The Hall–Kier alpha value is -6.68. The van der Waals surface area contributed by atoms with Gasteiger partial charge in [-0.1, -0.05) is 86.1 Å². The average Bonchev–Trinajstić information content (AvgIpc) is 4.15. The number of nitrogens with zero attached hydrogens (tertiary/aromatic N) is 8. The zero-order chi connectivity index (χ0) is 47.0. The van der Waals surface area contributed by atoms with E-state index in [0.29, 0.717) is 17.2 Å². The van der Waals surface area contributed by atoms with E-state index >= 15 is 4.79 Å². The van der Waals surface area contributed by atoms with Gasteiger partial charge < -0.3 is 9.47 Å². The second-order valence-electron chi connectivity index (χ2n) is 17.5. The SMILES string of the molecule is CC(C)(CC#N)CC1(c2ccc(-c3cnn(C4CC4)c3)cc2)N=C(NC(=O)OCc2ccccc2)N([C@H](COC(=O)CC2(C(F)(F)F)CC2)c2ccc(Cl)c(-n3ncnc3C(F)F)c2)C1=O. The van der Waals surface area contributed by atoms with Crippen LogP contribution in [-0.2, 0) is 31.2 Å². The van der Waals surface area contributed by atoms with E-state index < -0.39 is 77.8 Å². The van der Waals surface area contributed by atoms with E-state index in [-0.39, 0.29) is 48.6 Å². The summed E-state index contributed by atoms with van der Waals surface area (Å²) in [6.45, 7) is 2.53. The van der Waals surface area contributed by atoms with Crippen molar-refractivity contribution in [1.82, 2.24) is 34.8 Å².